The molecular formula is C11H17N3O2S. The van der Waals surface area contributed by atoms with Gasteiger partial charge in [-0.25, -0.2) is 8.42 Å². The first-order valence-corrected chi connectivity index (χ1v) is 7.33. The Hall–Kier alpha value is -1.56. The SMILES string of the molecule is CS(=O)(=O)CCCN=C(N)Nc1ccccc1. The first-order chi connectivity index (χ1) is 7.97. The molecular weight excluding hydrogens is 238 g/mol. The van der Waals surface area contributed by atoms with Crippen LogP contribution in [0.1, 0.15) is 6.42 Å². The average molecular weight is 255 g/mol. The van der Waals surface area contributed by atoms with Crippen molar-refractivity contribution >= 4 is 21.5 Å². The van der Waals surface area contributed by atoms with Gasteiger partial charge in [-0.2, -0.15) is 0 Å². The molecule has 0 saturated heterocycles. The van der Waals surface area contributed by atoms with Crippen LogP contribution in [0.4, 0.5) is 5.69 Å². The molecule has 0 aliphatic heterocycles. The summed E-state index contributed by atoms with van der Waals surface area (Å²) in [6.07, 6.45) is 1.69. The van der Waals surface area contributed by atoms with Crippen molar-refractivity contribution in [3.63, 3.8) is 0 Å². The maximum Gasteiger partial charge on any atom is 0.193 e. The molecule has 0 spiro atoms. The minimum absolute atomic E-state index is 0.134. The van der Waals surface area contributed by atoms with Gasteiger partial charge in [0.05, 0.1) is 5.75 Å². The quantitative estimate of drug-likeness (QED) is 0.464. The van der Waals surface area contributed by atoms with Crippen molar-refractivity contribution in [3.05, 3.63) is 30.3 Å². The Morgan fingerprint density at radius 3 is 2.59 bits per heavy atom. The molecule has 0 unspecified atom stereocenters. The second-order valence-electron chi connectivity index (χ2n) is 3.74. The Kier molecular flexibility index (Phi) is 4.96. The first-order valence-electron chi connectivity index (χ1n) is 5.27. The van der Waals surface area contributed by atoms with Gasteiger partial charge in [-0.1, -0.05) is 18.2 Å². The van der Waals surface area contributed by atoms with Gasteiger partial charge in [0.25, 0.3) is 0 Å². The number of rotatable bonds is 5. The van der Waals surface area contributed by atoms with E-state index in [2.05, 4.69) is 10.3 Å². The highest BCUT2D eigenvalue weighted by atomic mass is 32.2. The van der Waals surface area contributed by atoms with Gasteiger partial charge < -0.3 is 11.1 Å². The van der Waals surface area contributed by atoms with Crippen LogP contribution in [0.25, 0.3) is 0 Å². The number of sulfone groups is 1. The smallest absolute Gasteiger partial charge is 0.193 e. The molecule has 0 fully saturated rings. The van der Waals surface area contributed by atoms with Crippen molar-refractivity contribution in [1.82, 2.24) is 0 Å². The molecule has 1 rings (SSSR count). The third kappa shape index (κ3) is 6.57. The fourth-order valence-electron chi connectivity index (χ4n) is 1.24. The van der Waals surface area contributed by atoms with Crippen LogP contribution in [-0.2, 0) is 9.84 Å². The highest BCUT2D eigenvalue weighted by Gasteiger charge is 2.00. The third-order valence-electron chi connectivity index (χ3n) is 2.00. The molecule has 3 N–H and O–H groups in total. The minimum Gasteiger partial charge on any atom is -0.370 e. The number of benzene rings is 1. The monoisotopic (exact) mass is 255 g/mol. The Morgan fingerprint density at radius 1 is 1.35 bits per heavy atom. The van der Waals surface area contributed by atoms with Crippen molar-refractivity contribution in [2.24, 2.45) is 10.7 Å². The lowest BCUT2D eigenvalue weighted by Gasteiger charge is -2.04. The Balaban J connectivity index is 2.35. The number of aliphatic imine (C=N–C) groups is 1. The molecule has 0 heterocycles. The predicted molar refractivity (Wildman–Crippen MR) is 70.9 cm³/mol. The van der Waals surface area contributed by atoms with Gasteiger partial charge >= 0.3 is 0 Å². The van der Waals surface area contributed by atoms with E-state index in [1.54, 1.807) is 0 Å². The van der Waals surface area contributed by atoms with Gasteiger partial charge in [0.1, 0.15) is 9.84 Å². The molecule has 0 aliphatic carbocycles. The van der Waals surface area contributed by atoms with Crippen LogP contribution >= 0.6 is 0 Å². The van der Waals surface area contributed by atoms with Crippen LogP contribution in [0.5, 0.6) is 0 Å². The Bertz CT molecular complexity index is 469. The zero-order chi connectivity index (χ0) is 12.7. The summed E-state index contributed by atoms with van der Waals surface area (Å²) in [4.78, 5) is 4.04. The highest BCUT2D eigenvalue weighted by Crippen LogP contribution is 2.03. The number of nitrogens with one attached hydrogen (secondary N) is 1. The standard InChI is InChI=1S/C11H17N3O2S/c1-17(15,16)9-5-8-13-11(12)14-10-6-3-2-4-7-10/h2-4,6-7H,5,8-9H2,1H3,(H3,12,13,14). The lowest BCUT2D eigenvalue weighted by Crippen LogP contribution is -2.23. The van der Waals surface area contributed by atoms with E-state index < -0.39 is 9.84 Å². The summed E-state index contributed by atoms with van der Waals surface area (Å²) in [6, 6.07) is 9.43. The molecule has 0 radical (unpaired) electrons. The predicted octanol–water partition coefficient (Wildman–Crippen LogP) is 0.848. The second kappa shape index (κ2) is 6.24. The molecule has 1 aromatic carbocycles. The van der Waals surface area contributed by atoms with Crippen molar-refractivity contribution in [2.45, 2.75) is 6.42 Å². The summed E-state index contributed by atoms with van der Waals surface area (Å²) in [5, 5.41) is 2.92. The maximum absolute atomic E-state index is 10.9. The fourth-order valence-corrected chi connectivity index (χ4v) is 1.89. The van der Waals surface area contributed by atoms with Crippen molar-refractivity contribution in [1.29, 1.82) is 0 Å². The summed E-state index contributed by atoms with van der Waals surface area (Å²) >= 11 is 0. The molecule has 0 amide bonds. The lowest BCUT2D eigenvalue weighted by molar-refractivity contribution is 0.599. The molecule has 6 heteroatoms. The number of guanidine groups is 1. The zero-order valence-electron chi connectivity index (χ0n) is 9.76. The maximum atomic E-state index is 10.9. The lowest BCUT2D eigenvalue weighted by atomic mass is 10.3. The molecule has 0 atom stereocenters. The zero-order valence-corrected chi connectivity index (χ0v) is 10.6. The van der Waals surface area contributed by atoms with Gasteiger partial charge in [0.15, 0.2) is 5.96 Å². The van der Waals surface area contributed by atoms with E-state index in [1.807, 2.05) is 30.3 Å². The molecule has 0 bridgehead atoms. The Morgan fingerprint density at radius 2 is 2.00 bits per heavy atom. The van der Waals surface area contributed by atoms with Crippen molar-refractivity contribution in [2.75, 3.05) is 23.9 Å². The molecule has 0 aliphatic rings. The van der Waals surface area contributed by atoms with E-state index >= 15 is 0 Å². The molecule has 94 valence electrons. The van der Waals surface area contributed by atoms with E-state index in [1.165, 1.54) is 6.26 Å². The van der Waals surface area contributed by atoms with Gasteiger partial charge in [-0.05, 0) is 18.6 Å². The summed E-state index contributed by atoms with van der Waals surface area (Å²) in [5.41, 5.74) is 6.50. The van der Waals surface area contributed by atoms with Crippen LogP contribution < -0.4 is 11.1 Å². The van der Waals surface area contributed by atoms with E-state index in [0.29, 0.717) is 18.9 Å². The molecule has 17 heavy (non-hydrogen) atoms. The van der Waals surface area contributed by atoms with E-state index in [-0.39, 0.29) is 5.75 Å². The minimum atomic E-state index is -2.91. The highest BCUT2D eigenvalue weighted by molar-refractivity contribution is 7.90. The van der Waals surface area contributed by atoms with Crippen LogP contribution in [0.15, 0.2) is 35.3 Å². The first kappa shape index (κ1) is 13.5. The largest absolute Gasteiger partial charge is 0.370 e. The number of anilines is 1. The van der Waals surface area contributed by atoms with Crippen molar-refractivity contribution in [3.8, 4) is 0 Å². The molecule has 5 nitrogen and oxygen atoms in total. The second-order valence-corrected chi connectivity index (χ2v) is 6.00. The Labute approximate surface area is 102 Å². The number of hydrogen-bond donors (Lipinski definition) is 2. The van der Waals surface area contributed by atoms with E-state index in [9.17, 15) is 8.42 Å². The average Bonchev–Trinajstić information content (AvgIpc) is 2.25. The van der Waals surface area contributed by atoms with Gasteiger partial charge in [-0.15, -0.1) is 0 Å². The fraction of sp³-hybridized carbons (Fsp3) is 0.364. The van der Waals surface area contributed by atoms with E-state index in [0.717, 1.165) is 5.69 Å². The van der Waals surface area contributed by atoms with Crippen LogP contribution in [0.2, 0.25) is 0 Å². The van der Waals surface area contributed by atoms with Crippen LogP contribution in [0, 0.1) is 0 Å². The number of para-hydroxylation sites is 1. The third-order valence-corrected chi connectivity index (χ3v) is 3.03. The summed E-state index contributed by atoms with van der Waals surface area (Å²) in [7, 11) is -2.91. The van der Waals surface area contributed by atoms with Gasteiger partial charge in [0, 0.05) is 18.5 Å². The van der Waals surface area contributed by atoms with Crippen molar-refractivity contribution < 1.29 is 8.42 Å². The van der Waals surface area contributed by atoms with E-state index in [4.69, 9.17) is 5.73 Å². The summed E-state index contributed by atoms with van der Waals surface area (Å²) in [6.45, 7) is 0.402. The topological polar surface area (TPSA) is 84.5 Å². The number of hydrogen-bond acceptors (Lipinski definition) is 3. The summed E-state index contributed by atoms with van der Waals surface area (Å²) in [5.74, 6) is 0.430. The number of nitrogens with zero attached hydrogens (tertiary/aromatic N) is 1. The molecule has 0 saturated carbocycles. The normalized spacial score (nSPS) is 12.4. The molecule has 0 aromatic heterocycles. The van der Waals surface area contributed by atoms with Gasteiger partial charge in [0.2, 0.25) is 0 Å². The molecule has 1 aromatic rings. The number of nitrogens with two attached hydrogens (primary N) is 1. The van der Waals surface area contributed by atoms with Crippen LogP contribution in [0.3, 0.4) is 0 Å². The van der Waals surface area contributed by atoms with Gasteiger partial charge in [-0.3, -0.25) is 4.99 Å². The summed E-state index contributed by atoms with van der Waals surface area (Å²) < 4.78 is 21.7. The van der Waals surface area contributed by atoms with Crippen LogP contribution in [-0.4, -0.2) is 32.9 Å².